The number of amides is 1. The maximum Gasteiger partial charge on any atom is 0.233 e. The van der Waals surface area contributed by atoms with Crippen LogP contribution in [0, 0.1) is 57.2 Å². The number of hydrogen-bond acceptors (Lipinski definition) is 10. The number of phenolic OH excluding ortho intramolecular Hbond substituents is 1. The Kier molecular flexibility index (Phi) is 12.0. The van der Waals surface area contributed by atoms with E-state index in [9.17, 15) is 25.5 Å². The van der Waals surface area contributed by atoms with Gasteiger partial charge in [-0.15, -0.1) is 0 Å². The quantitative estimate of drug-likeness (QED) is 0.0974. The van der Waals surface area contributed by atoms with Crippen molar-refractivity contribution in [2.24, 2.45) is 57.2 Å². The summed E-state index contributed by atoms with van der Waals surface area (Å²) in [5.41, 5.74) is -3.25. The minimum absolute atomic E-state index is 0.0663. The minimum atomic E-state index is -1.41. The summed E-state index contributed by atoms with van der Waals surface area (Å²) in [6.45, 7) is 13.5. The van der Waals surface area contributed by atoms with Crippen LogP contribution < -0.4 is 4.90 Å². The standard InChI is InChI=1S/C51H75NO8S2/c1-7-8-9-12-33-27-52-35-21-32(22-36(53)23-35)14-18-48-19-15-37-38(51(48,59)20-16-41(48)47(6,58)44-43(60-44)31(4)30(2)3)24-42(56)49(26-40(55)39(54)25-46(37,49)5)29-62-61-28-34-13-10-11-17-50(33,34)45(52)57/h21-24,30-31,33-34,37,39-41,43-44,53-55,58-59H,7-20,25-29H2,1-6H3/t31-,33+,34-,37+,39+,40-,41-,43+,44-,46-,47-,48-,49-,50+,51-/m1/s1. The van der Waals surface area contributed by atoms with Gasteiger partial charge in [-0.05, 0) is 148 Å². The molecule has 1 aromatic carbocycles. The number of hydrogen-bond donors (Lipinski definition) is 5. The number of epoxide rings is 1. The first kappa shape index (κ1) is 45.6. The Bertz CT molecular complexity index is 1940. The smallest absolute Gasteiger partial charge is 0.233 e. The summed E-state index contributed by atoms with van der Waals surface area (Å²) in [6.07, 6.45) is 11.3. The summed E-state index contributed by atoms with van der Waals surface area (Å²) in [6, 6.07) is 5.66. The Balaban J connectivity index is 1.17. The molecule has 0 aromatic heterocycles. The Morgan fingerprint density at radius 3 is 2.50 bits per heavy atom. The van der Waals surface area contributed by atoms with Gasteiger partial charge in [0.2, 0.25) is 5.91 Å². The normalized spacial score (nSPS) is 44.4. The van der Waals surface area contributed by atoms with Crippen molar-refractivity contribution in [1.82, 2.24) is 0 Å². The molecule has 5 heterocycles. The van der Waals surface area contributed by atoms with Gasteiger partial charge in [0.15, 0.2) is 5.78 Å². The van der Waals surface area contributed by atoms with E-state index in [0.717, 1.165) is 73.9 Å². The van der Waals surface area contributed by atoms with Crippen LogP contribution >= 0.6 is 21.6 Å². The Morgan fingerprint density at radius 2 is 1.74 bits per heavy atom. The van der Waals surface area contributed by atoms with Gasteiger partial charge in [-0.25, -0.2) is 0 Å². The Labute approximate surface area is 378 Å². The van der Waals surface area contributed by atoms with E-state index in [1.54, 1.807) is 39.8 Å². The average Bonchev–Trinajstić information content (AvgIpc) is 3.92. The summed E-state index contributed by atoms with van der Waals surface area (Å²) < 4.78 is 6.38. The van der Waals surface area contributed by atoms with Crippen molar-refractivity contribution in [2.75, 3.05) is 23.0 Å². The molecule has 2 saturated heterocycles. The first-order valence-electron chi connectivity index (χ1n) is 24.5. The van der Waals surface area contributed by atoms with E-state index in [1.807, 2.05) is 11.8 Å². The summed E-state index contributed by atoms with van der Waals surface area (Å²) in [5.74, 6) is 2.00. The molecular weight excluding hydrogens is 819 g/mol. The van der Waals surface area contributed by atoms with Crippen LogP contribution in [0.15, 0.2) is 29.8 Å². The van der Waals surface area contributed by atoms with Crippen LogP contribution in [-0.2, 0) is 20.7 Å². The van der Waals surface area contributed by atoms with E-state index >= 15 is 9.59 Å². The number of aliphatic hydroxyl groups excluding tert-OH is 2. The molecule has 11 heteroatoms. The predicted molar refractivity (Wildman–Crippen MR) is 247 cm³/mol. The van der Waals surface area contributed by atoms with Gasteiger partial charge in [0.25, 0.3) is 0 Å². The molecule has 0 unspecified atom stereocenters. The lowest BCUT2D eigenvalue weighted by Gasteiger charge is -2.65. The molecule has 5 aliphatic heterocycles. The van der Waals surface area contributed by atoms with Crippen molar-refractivity contribution in [3.05, 3.63) is 35.4 Å². The van der Waals surface area contributed by atoms with Crippen molar-refractivity contribution in [3.63, 3.8) is 0 Å². The number of carbonyl (C=O) groups excluding carboxylic acids is 2. The monoisotopic (exact) mass is 893 g/mol. The molecule has 8 bridgehead atoms. The molecule has 15 atom stereocenters. The van der Waals surface area contributed by atoms with Crippen LogP contribution in [0.2, 0.25) is 0 Å². The fourth-order valence-corrected chi connectivity index (χ4v) is 18.8. The number of rotatable bonds is 8. The largest absolute Gasteiger partial charge is 0.508 e. The zero-order valence-electron chi connectivity index (χ0n) is 38.2. The van der Waals surface area contributed by atoms with Gasteiger partial charge in [0.1, 0.15) is 11.9 Å². The van der Waals surface area contributed by atoms with E-state index in [2.05, 4.69) is 40.7 Å². The number of unbranched alkanes of at least 4 members (excludes halogenated alkanes) is 2. The van der Waals surface area contributed by atoms with Gasteiger partial charge in [-0.2, -0.15) is 0 Å². The Hall–Kier alpha value is -1.60. The molecule has 4 saturated carbocycles. The second-order valence-electron chi connectivity index (χ2n) is 22.6. The third kappa shape index (κ3) is 6.71. The van der Waals surface area contributed by atoms with E-state index in [1.165, 1.54) is 0 Å². The van der Waals surface area contributed by atoms with Gasteiger partial charge in [0.05, 0.1) is 40.3 Å². The predicted octanol–water partition coefficient (Wildman–Crippen LogP) is 8.80. The zero-order chi connectivity index (χ0) is 44.2. The highest BCUT2D eigenvalue weighted by Gasteiger charge is 2.74. The third-order valence-electron chi connectivity index (χ3n) is 19.5. The number of anilines is 1. The summed E-state index contributed by atoms with van der Waals surface area (Å²) in [4.78, 5) is 32.5. The maximum absolute atomic E-state index is 15.3. The van der Waals surface area contributed by atoms with Crippen LogP contribution in [-0.4, -0.2) is 90.9 Å². The number of aromatic hydroxyl groups is 1. The summed E-state index contributed by atoms with van der Waals surface area (Å²) in [7, 11) is 3.47. The molecule has 344 valence electrons. The van der Waals surface area contributed by atoms with Gasteiger partial charge in [0, 0.05) is 35.2 Å². The fraction of sp³-hybridized carbons (Fsp3) is 0.804. The average molecular weight is 894 g/mol. The number of carbonyl (C=O) groups is 2. The van der Waals surface area contributed by atoms with Gasteiger partial charge < -0.3 is 35.2 Å². The third-order valence-corrected chi connectivity index (χ3v) is 22.1. The van der Waals surface area contributed by atoms with Crippen molar-refractivity contribution >= 4 is 39.0 Å². The van der Waals surface area contributed by atoms with Crippen LogP contribution in [0.1, 0.15) is 143 Å². The highest BCUT2D eigenvalue weighted by Crippen LogP contribution is 2.73. The number of benzene rings is 1. The highest BCUT2D eigenvalue weighted by atomic mass is 33.1. The molecule has 1 aromatic rings. The number of ketones is 1. The fourth-order valence-electron chi connectivity index (χ4n) is 15.6. The lowest BCUT2D eigenvalue weighted by atomic mass is 9.41. The minimum Gasteiger partial charge on any atom is -0.508 e. The molecule has 10 aliphatic rings. The highest BCUT2D eigenvalue weighted by molar-refractivity contribution is 8.76. The number of allylic oxidation sites excluding steroid dienone is 1. The van der Waals surface area contributed by atoms with Gasteiger partial charge in [-0.3, -0.25) is 9.59 Å². The molecule has 5 N–H and O–H groups in total. The van der Waals surface area contributed by atoms with E-state index < -0.39 is 45.1 Å². The molecule has 3 spiro atoms. The van der Waals surface area contributed by atoms with E-state index in [-0.39, 0.29) is 72.1 Å². The van der Waals surface area contributed by atoms with Crippen molar-refractivity contribution < 1.29 is 39.9 Å². The second kappa shape index (κ2) is 16.3. The van der Waals surface area contributed by atoms with Crippen molar-refractivity contribution in [2.45, 2.75) is 180 Å². The number of aryl methyl sites for hydroxylation is 1. The molecule has 0 radical (unpaired) electrons. The molecule has 1 amide bonds. The number of aliphatic hydroxyl groups is 4. The van der Waals surface area contributed by atoms with E-state index in [0.29, 0.717) is 56.7 Å². The SMILES string of the molecule is CCCCC[C@H]1CN2C(=O)[C@@]13CCCC[C@@H]3CSSC[C@@]13C[C@@H](O)[C@@H](O)C[C@]1(C)[C@H]1CC[C@]4(CCc5cc(O)cc2c5)[C@@H]([C@@](C)(O)[C@@H]2O[C@H]2[C@H](C)C(C)C)CC[C@@]4(O)C1=CC3=O. The van der Waals surface area contributed by atoms with Crippen molar-refractivity contribution in [1.29, 1.82) is 0 Å². The number of nitrogens with zero attached hydrogens (tertiary/aromatic N) is 1. The zero-order valence-corrected chi connectivity index (χ0v) is 39.9. The molecule has 6 fully saturated rings. The van der Waals surface area contributed by atoms with Gasteiger partial charge in [-0.1, -0.05) is 88.3 Å². The van der Waals surface area contributed by atoms with Crippen LogP contribution in [0.5, 0.6) is 5.75 Å². The van der Waals surface area contributed by atoms with Crippen LogP contribution in [0.25, 0.3) is 0 Å². The first-order chi connectivity index (χ1) is 29.4. The molecule has 9 nitrogen and oxygen atoms in total. The second-order valence-corrected chi connectivity index (χ2v) is 25.1. The number of phenols is 1. The number of fused-ring (bicyclic) bond motifs is 2. The number of ether oxygens (including phenoxy) is 1. The first-order valence-corrected chi connectivity index (χ1v) is 27.0. The molecular formula is C51H75NO8S2. The van der Waals surface area contributed by atoms with Crippen molar-refractivity contribution in [3.8, 4) is 5.75 Å². The van der Waals surface area contributed by atoms with Gasteiger partial charge >= 0.3 is 0 Å². The molecule has 11 rings (SSSR count). The maximum atomic E-state index is 15.3. The van der Waals surface area contributed by atoms with Crippen LogP contribution in [0.3, 0.4) is 0 Å². The summed E-state index contributed by atoms with van der Waals surface area (Å²) in [5, 5.41) is 60.9. The lowest BCUT2D eigenvalue weighted by Crippen LogP contribution is -2.67. The van der Waals surface area contributed by atoms with E-state index in [4.69, 9.17) is 4.74 Å². The lowest BCUT2D eigenvalue weighted by molar-refractivity contribution is -0.183. The summed E-state index contributed by atoms with van der Waals surface area (Å²) >= 11 is 0. The topological polar surface area (TPSA) is 151 Å². The van der Waals surface area contributed by atoms with Crippen LogP contribution in [0.4, 0.5) is 5.69 Å². The Morgan fingerprint density at radius 1 is 0.968 bits per heavy atom. The molecule has 62 heavy (non-hydrogen) atoms. The molecule has 5 aliphatic carbocycles.